The minimum absolute atomic E-state index is 0.628. The molecule has 0 saturated carbocycles. The molecule has 226 valence electrons. The van der Waals surface area contributed by atoms with Gasteiger partial charge in [0.05, 0.1) is 5.69 Å². The number of benzene rings is 6. The molecule has 4 heteroatoms. The lowest BCUT2D eigenvalue weighted by Gasteiger charge is -2.10. The third-order valence-corrected chi connectivity index (χ3v) is 8.44. The van der Waals surface area contributed by atoms with Gasteiger partial charge in [0, 0.05) is 28.5 Å². The number of hydrogen-bond acceptors (Lipinski definition) is 4. The Morgan fingerprint density at radius 3 is 1.04 bits per heavy atom. The van der Waals surface area contributed by atoms with Crippen molar-refractivity contribution in [3.63, 3.8) is 0 Å². The molecule has 0 fully saturated rings. The van der Waals surface area contributed by atoms with Crippen molar-refractivity contribution in [2.75, 3.05) is 0 Å². The number of hydrogen-bond donors (Lipinski definition) is 0. The predicted octanol–water partition coefficient (Wildman–Crippen LogP) is 10.9. The van der Waals surface area contributed by atoms with E-state index in [0.29, 0.717) is 17.5 Å². The molecule has 0 saturated heterocycles. The van der Waals surface area contributed by atoms with Crippen LogP contribution in [0.25, 0.3) is 78.8 Å². The van der Waals surface area contributed by atoms with Gasteiger partial charge in [-0.25, -0.2) is 15.0 Å². The lowest BCUT2D eigenvalue weighted by Crippen LogP contribution is -2.00. The molecule has 8 aromatic rings. The molecule has 6 aromatic carbocycles. The van der Waals surface area contributed by atoms with Crippen LogP contribution in [0.1, 0.15) is 0 Å². The van der Waals surface area contributed by atoms with Gasteiger partial charge < -0.3 is 0 Å². The van der Waals surface area contributed by atoms with Crippen LogP contribution < -0.4 is 0 Å². The van der Waals surface area contributed by atoms with Crippen LogP contribution >= 0.6 is 0 Å². The molecule has 48 heavy (non-hydrogen) atoms. The lowest BCUT2D eigenvalue weighted by atomic mass is 10.00. The third kappa shape index (κ3) is 6.15. The zero-order valence-electron chi connectivity index (χ0n) is 26.1. The quantitative estimate of drug-likeness (QED) is 0.179. The monoisotopic (exact) mass is 614 g/mol. The summed E-state index contributed by atoms with van der Waals surface area (Å²) in [7, 11) is 0. The van der Waals surface area contributed by atoms with E-state index >= 15 is 0 Å². The zero-order valence-corrected chi connectivity index (χ0v) is 26.1. The summed E-state index contributed by atoms with van der Waals surface area (Å²) < 4.78 is 0. The molecule has 2 aromatic heterocycles. The van der Waals surface area contributed by atoms with Crippen LogP contribution in [-0.4, -0.2) is 19.9 Å². The standard InChI is InChI=1S/C44H30N4/c1-3-10-31(11-4-1)33-17-23-36(24-18-33)42-46-43(37-25-19-34(20-26-37)32-12-5-2-6-13-32)48-44(47-42)38-27-21-35(22-28-38)39-14-9-15-40(30-39)41-16-7-8-29-45-41/h1-30H. The molecular formula is C44H30N4. The fourth-order valence-corrected chi connectivity index (χ4v) is 5.85. The van der Waals surface area contributed by atoms with Crippen molar-refractivity contribution in [1.29, 1.82) is 0 Å². The van der Waals surface area contributed by atoms with E-state index in [1.807, 2.05) is 36.5 Å². The summed E-state index contributed by atoms with van der Waals surface area (Å²) in [5, 5.41) is 0. The van der Waals surface area contributed by atoms with Gasteiger partial charge in [0.2, 0.25) is 0 Å². The molecule has 0 bridgehead atoms. The predicted molar refractivity (Wildman–Crippen MR) is 196 cm³/mol. The Hall–Kier alpha value is -6.52. The van der Waals surface area contributed by atoms with Gasteiger partial charge in [-0.15, -0.1) is 0 Å². The van der Waals surface area contributed by atoms with E-state index < -0.39 is 0 Å². The SMILES string of the molecule is c1ccc(-c2ccc(-c3nc(-c4ccc(-c5ccccc5)cc4)nc(-c4ccc(-c5cccc(-c6ccccn6)c5)cc4)n3)cc2)cc1. The maximum Gasteiger partial charge on any atom is 0.164 e. The summed E-state index contributed by atoms with van der Waals surface area (Å²) in [5.74, 6) is 1.89. The largest absolute Gasteiger partial charge is 0.256 e. The fourth-order valence-electron chi connectivity index (χ4n) is 5.85. The average Bonchev–Trinajstić information content (AvgIpc) is 3.19. The minimum atomic E-state index is 0.628. The number of pyridine rings is 1. The van der Waals surface area contributed by atoms with E-state index in [4.69, 9.17) is 15.0 Å². The number of rotatable bonds is 7. The highest BCUT2D eigenvalue weighted by Gasteiger charge is 2.14. The van der Waals surface area contributed by atoms with Gasteiger partial charge in [-0.1, -0.05) is 158 Å². The maximum atomic E-state index is 4.99. The van der Waals surface area contributed by atoms with Crippen LogP contribution in [0, 0.1) is 0 Å². The molecule has 8 rings (SSSR count). The molecular weight excluding hydrogens is 585 g/mol. The van der Waals surface area contributed by atoms with Crippen molar-refractivity contribution in [2.45, 2.75) is 0 Å². The Morgan fingerprint density at radius 1 is 0.250 bits per heavy atom. The Kier molecular flexibility index (Phi) is 7.87. The van der Waals surface area contributed by atoms with E-state index in [1.165, 1.54) is 11.1 Å². The van der Waals surface area contributed by atoms with Crippen LogP contribution in [0.2, 0.25) is 0 Å². The van der Waals surface area contributed by atoms with E-state index in [1.54, 1.807) is 0 Å². The second-order valence-electron chi connectivity index (χ2n) is 11.6. The van der Waals surface area contributed by atoms with Gasteiger partial charge in [-0.3, -0.25) is 4.98 Å². The van der Waals surface area contributed by atoms with Crippen LogP contribution in [0.4, 0.5) is 0 Å². The molecule has 0 aliphatic heterocycles. The highest BCUT2D eigenvalue weighted by atomic mass is 15.0. The van der Waals surface area contributed by atoms with Gasteiger partial charge in [-0.2, -0.15) is 0 Å². The molecule has 0 N–H and O–H groups in total. The molecule has 0 aliphatic carbocycles. The summed E-state index contributed by atoms with van der Waals surface area (Å²) in [6.45, 7) is 0. The van der Waals surface area contributed by atoms with Crippen molar-refractivity contribution in [2.24, 2.45) is 0 Å². The first-order valence-electron chi connectivity index (χ1n) is 16.0. The first-order valence-corrected chi connectivity index (χ1v) is 16.0. The minimum Gasteiger partial charge on any atom is -0.256 e. The molecule has 0 amide bonds. The molecule has 0 unspecified atom stereocenters. The third-order valence-electron chi connectivity index (χ3n) is 8.44. The molecule has 0 radical (unpaired) electrons. The van der Waals surface area contributed by atoms with Crippen LogP contribution in [-0.2, 0) is 0 Å². The summed E-state index contributed by atoms with van der Waals surface area (Å²) in [6, 6.07) is 60.4. The van der Waals surface area contributed by atoms with Crippen molar-refractivity contribution >= 4 is 0 Å². The summed E-state index contributed by atoms with van der Waals surface area (Å²) >= 11 is 0. The molecule has 0 spiro atoms. The maximum absolute atomic E-state index is 4.99. The van der Waals surface area contributed by atoms with E-state index in [9.17, 15) is 0 Å². The van der Waals surface area contributed by atoms with Gasteiger partial charge in [0.15, 0.2) is 17.5 Å². The number of nitrogens with zero attached hydrogens (tertiary/aromatic N) is 4. The molecule has 0 atom stereocenters. The normalized spacial score (nSPS) is 10.9. The average molecular weight is 615 g/mol. The van der Waals surface area contributed by atoms with E-state index in [2.05, 4.69) is 151 Å². The van der Waals surface area contributed by atoms with Crippen molar-refractivity contribution < 1.29 is 0 Å². The first-order chi connectivity index (χ1) is 23.8. The van der Waals surface area contributed by atoms with E-state index in [-0.39, 0.29) is 0 Å². The molecule has 0 aliphatic rings. The summed E-state index contributed by atoms with van der Waals surface area (Å²) in [5.41, 5.74) is 11.7. The van der Waals surface area contributed by atoms with Gasteiger partial charge >= 0.3 is 0 Å². The Labute approximate surface area is 280 Å². The second-order valence-corrected chi connectivity index (χ2v) is 11.6. The van der Waals surface area contributed by atoms with E-state index in [0.717, 1.165) is 50.2 Å². The Morgan fingerprint density at radius 2 is 0.604 bits per heavy atom. The first kappa shape index (κ1) is 28.9. The van der Waals surface area contributed by atoms with Gasteiger partial charge in [-0.05, 0) is 51.6 Å². The zero-order chi connectivity index (χ0) is 32.1. The van der Waals surface area contributed by atoms with Crippen LogP contribution in [0.3, 0.4) is 0 Å². The van der Waals surface area contributed by atoms with Crippen molar-refractivity contribution in [1.82, 2.24) is 19.9 Å². The highest BCUT2D eigenvalue weighted by molar-refractivity contribution is 5.75. The summed E-state index contributed by atoms with van der Waals surface area (Å²) in [4.78, 5) is 19.5. The molecule has 4 nitrogen and oxygen atoms in total. The van der Waals surface area contributed by atoms with Gasteiger partial charge in [0.25, 0.3) is 0 Å². The van der Waals surface area contributed by atoms with Crippen LogP contribution in [0.15, 0.2) is 182 Å². The van der Waals surface area contributed by atoms with Crippen LogP contribution in [0.5, 0.6) is 0 Å². The summed E-state index contributed by atoms with van der Waals surface area (Å²) in [6.07, 6.45) is 1.82. The second kappa shape index (κ2) is 13.1. The topological polar surface area (TPSA) is 51.6 Å². The fraction of sp³-hybridized carbons (Fsp3) is 0. The smallest absolute Gasteiger partial charge is 0.164 e. The highest BCUT2D eigenvalue weighted by Crippen LogP contribution is 2.31. The Bertz CT molecular complexity index is 2180. The van der Waals surface area contributed by atoms with Crippen molar-refractivity contribution in [3.05, 3.63) is 182 Å². The van der Waals surface area contributed by atoms with Gasteiger partial charge in [0.1, 0.15) is 0 Å². The number of aromatic nitrogens is 4. The Balaban J connectivity index is 1.16. The van der Waals surface area contributed by atoms with Crippen molar-refractivity contribution in [3.8, 4) is 78.8 Å². The molecule has 2 heterocycles. The lowest BCUT2D eigenvalue weighted by molar-refractivity contribution is 1.07.